The van der Waals surface area contributed by atoms with Crippen LogP contribution in [-0.4, -0.2) is 82.7 Å². The van der Waals surface area contributed by atoms with Gasteiger partial charge in [0.25, 0.3) is 5.91 Å². The molecule has 2 aliphatic rings. The highest BCUT2D eigenvalue weighted by molar-refractivity contribution is 6.30. The van der Waals surface area contributed by atoms with Gasteiger partial charge in [-0.1, -0.05) is 54.1 Å². The molecule has 2 fully saturated rings. The number of likely N-dealkylation sites (tertiary alicyclic amines) is 1. The van der Waals surface area contributed by atoms with Crippen molar-refractivity contribution in [2.24, 2.45) is 0 Å². The fourth-order valence-electron chi connectivity index (χ4n) is 4.88. The lowest BCUT2D eigenvalue weighted by molar-refractivity contribution is 0.0627. The Morgan fingerprint density at radius 3 is 2.15 bits per heavy atom. The Kier molecular flexibility index (Phi) is 7.28. The van der Waals surface area contributed by atoms with E-state index in [-0.39, 0.29) is 5.91 Å². The van der Waals surface area contributed by atoms with Crippen molar-refractivity contribution in [3.05, 3.63) is 76.9 Å². The molecule has 1 amide bonds. The van der Waals surface area contributed by atoms with Gasteiger partial charge in [-0.3, -0.25) is 14.4 Å². The largest absolute Gasteiger partial charge is 0.336 e. The van der Waals surface area contributed by atoms with Crippen molar-refractivity contribution in [3.8, 4) is 11.3 Å². The summed E-state index contributed by atoms with van der Waals surface area (Å²) in [4.78, 5) is 20.6. The number of nitrogens with zero attached hydrogens (tertiary/aromatic N) is 5. The Hall–Kier alpha value is -2.67. The molecule has 2 saturated heterocycles. The van der Waals surface area contributed by atoms with Gasteiger partial charge >= 0.3 is 0 Å². The molecule has 3 aromatic rings. The summed E-state index contributed by atoms with van der Waals surface area (Å²) in [5.41, 5.74) is 3.43. The van der Waals surface area contributed by atoms with E-state index in [4.69, 9.17) is 16.7 Å². The van der Waals surface area contributed by atoms with Crippen molar-refractivity contribution < 1.29 is 4.79 Å². The zero-order valence-corrected chi connectivity index (χ0v) is 20.3. The van der Waals surface area contributed by atoms with Gasteiger partial charge in [-0.05, 0) is 43.6 Å². The topological polar surface area (TPSA) is 44.6 Å². The number of carbonyl (C=O) groups excluding carboxylic acids is 1. The van der Waals surface area contributed by atoms with Crippen LogP contribution in [0.15, 0.2) is 60.8 Å². The number of carbonyl (C=O) groups is 1. The highest BCUT2D eigenvalue weighted by Gasteiger charge is 2.27. The van der Waals surface area contributed by atoms with Crippen molar-refractivity contribution >= 4 is 17.5 Å². The van der Waals surface area contributed by atoms with Gasteiger partial charge < -0.3 is 9.80 Å². The Balaban J connectivity index is 1.30. The van der Waals surface area contributed by atoms with Gasteiger partial charge in [0.2, 0.25) is 0 Å². The summed E-state index contributed by atoms with van der Waals surface area (Å²) in [7, 11) is 0. The molecule has 6 nitrogen and oxygen atoms in total. The van der Waals surface area contributed by atoms with E-state index in [0.717, 1.165) is 50.4 Å². The molecule has 3 heterocycles. The lowest BCUT2D eigenvalue weighted by atomic mass is 10.1. The Morgan fingerprint density at radius 1 is 0.824 bits per heavy atom. The SMILES string of the molecule is O=C(c1cn(Cc2ccccc2)nc1-c1ccc(Cl)cc1)N1CCN(CCN2CCCC2)CC1. The standard InChI is InChI=1S/C27H32ClN5O/c28-24-10-8-23(9-11-24)26-25(21-33(29-26)20-22-6-2-1-3-7-22)27(34)32-18-16-31(17-19-32)15-14-30-12-4-5-13-30/h1-3,6-11,21H,4-5,12-20H2. The van der Waals surface area contributed by atoms with Crippen molar-refractivity contribution in [1.82, 2.24) is 24.5 Å². The third-order valence-electron chi connectivity index (χ3n) is 6.89. The van der Waals surface area contributed by atoms with E-state index < -0.39 is 0 Å². The summed E-state index contributed by atoms with van der Waals surface area (Å²) in [6, 6.07) is 17.8. The van der Waals surface area contributed by atoms with Gasteiger partial charge in [0.05, 0.1) is 12.1 Å². The van der Waals surface area contributed by atoms with E-state index in [9.17, 15) is 4.79 Å². The van der Waals surface area contributed by atoms with E-state index in [1.165, 1.54) is 25.9 Å². The molecule has 0 saturated carbocycles. The van der Waals surface area contributed by atoms with Crippen LogP contribution < -0.4 is 0 Å². The molecule has 5 rings (SSSR count). The molecule has 0 unspecified atom stereocenters. The third-order valence-corrected chi connectivity index (χ3v) is 7.14. The minimum atomic E-state index is 0.0588. The molecule has 1 aromatic heterocycles. The molecule has 0 aliphatic carbocycles. The number of piperazine rings is 1. The van der Waals surface area contributed by atoms with Gasteiger partial charge in [0.15, 0.2) is 0 Å². The van der Waals surface area contributed by atoms with Crippen LogP contribution in [0.1, 0.15) is 28.8 Å². The highest BCUT2D eigenvalue weighted by atomic mass is 35.5. The summed E-state index contributed by atoms with van der Waals surface area (Å²) in [6.07, 6.45) is 4.56. The second-order valence-corrected chi connectivity index (χ2v) is 9.70. The van der Waals surface area contributed by atoms with Crippen LogP contribution in [0.25, 0.3) is 11.3 Å². The lowest BCUT2D eigenvalue weighted by Crippen LogP contribution is -2.50. The number of halogens is 1. The van der Waals surface area contributed by atoms with E-state index in [1.54, 1.807) is 0 Å². The van der Waals surface area contributed by atoms with Gasteiger partial charge in [-0.2, -0.15) is 5.10 Å². The number of amides is 1. The fourth-order valence-corrected chi connectivity index (χ4v) is 5.01. The molecule has 0 radical (unpaired) electrons. The lowest BCUT2D eigenvalue weighted by Gasteiger charge is -2.35. The minimum Gasteiger partial charge on any atom is -0.336 e. The quantitative estimate of drug-likeness (QED) is 0.514. The highest BCUT2D eigenvalue weighted by Crippen LogP contribution is 2.26. The first kappa shape index (κ1) is 23.1. The molecule has 7 heteroatoms. The fraction of sp³-hybridized carbons (Fsp3) is 0.407. The van der Waals surface area contributed by atoms with Gasteiger partial charge in [-0.15, -0.1) is 0 Å². The van der Waals surface area contributed by atoms with Crippen molar-refractivity contribution in [2.75, 3.05) is 52.4 Å². The van der Waals surface area contributed by atoms with Crippen LogP contribution >= 0.6 is 11.6 Å². The number of hydrogen-bond donors (Lipinski definition) is 0. The maximum atomic E-state index is 13.6. The van der Waals surface area contributed by atoms with Gasteiger partial charge in [0.1, 0.15) is 5.69 Å². The maximum Gasteiger partial charge on any atom is 0.257 e. The average molecular weight is 478 g/mol. The van der Waals surface area contributed by atoms with Crippen LogP contribution in [0, 0.1) is 0 Å². The van der Waals surface area contributed by atoms with Crippen LogP contribution in [0.3, 0.4) is 0 Å². The Morgan fingerprint density at radius 2 is 1.47 bits per heavy atom. The molecule has 34 heavy (non-hydrogen) atoms. The summed E-state index contributed by atoms with van der Waals surface area (Å²) < 4.78 is 1.87. The zero-order valence-electron chi connectivity index (χ0n) is 19.6. The first-order valence-electron chi connectivity index (χ1n) is 12.3. The normalized spacial score (nSPS) is 17.4. The first-order chi connectivity index (χ1) is 16.7. The summed E-state index contributed by atoms with van der Waals surface area (Å²) >= 11 is 6.11. The monoisotopic (exact) mass is 477 g/mol. The molecule has 0 atom stereocenters. The number of aromatic nitrogens is 2. The minimum absolute atomic E-state index is 0.0588. The second-order valence-electron chi connectivity index (χ2n) is 9.26. The van der Waals surface area contributed by atoms with Gasteiger partial charge in [-0.25, -0.2) is 0 Å². The van der Waals surface area contributed by atoms with Crippen LogP contribution in [-0.2, 0) is 6.54 Å². The first-order valence-corrected chi connectivity index (χ1v) is 12.6. The summed E-state index contributed by atoms with van der Waals surface area (Å²) in [5, 5.41) is 5.49. The Bertz CT molecular complexity index is 1080. The van der Waals surface area contributed by atoms with Crippen molar-refractivity contribution in [1.29, 1.82) is 0 Å². The Labute approximate surface area is 206 Å². The summed E-state index contributed by atoms with van der Waals surface area (Å²) in [6.45, 7) is 8.68. The average Bonchev–Trinajstić information content (AvgIpc) is 3.54. The smallest absolute Gasteiger partial charge is 0.257 e. The number of benzene rings is 2. The molecule has 178 valence electrons. The molecule has 0 N–H and O–H groups in total. The number of hydrogen-bond acceptors (Lipinski definition) is 4. The van der Waals surface area contributed by atoms with Crippen LogP contribution in [0.4, 0.5) is 0 Å². The third kappa shape index (κ3) is 5.52. The predicted octanol–water partition coefficient (Wildman–Crippen LogP) is 4.11. The predicted molar refractivity (Wildman–Crippen MR) is 136 cm³/mol. The second kappa shape index (κ2) is 10.7. The van der Waals surface area contributed by atoms with Gasteiger partial charge in [0, 0.05) is 56.1 Å². The molecule has 0 bridgehead atoms. The van der Waals surface area contributed by atoms with E-state index in [1.807, 2.05) is 58.2 Å². The maximum absolute atomic E-state index is 13.6. The molecule has 0 spiro atoms. The molecular formula is C27H32ClN5O. The summed E-state index contributed by atoms with van der Waals surface area (Å²) in [5.74, 6) is 0.0588. The molecule has 2 aromatic carbocycles. The number of rotatable bonds is 7. The van der Waals surface area contributed by atoms with Crippen molar-refractivity contribution in [2.45, 2.75) is 19.4 Å². The molecule has 2 aliphatic heterocycles. The van der Waals surface area contributed by atoms with Crippen LogP contribution in [0.5, 0.6) is 0 Å². The van der Waals surface area contributed by atoms with E-state index in [0.29, 0.717) is 22.8 Å². The van der Waals surface area contributed by atoms with Crippen molar-refractivity contribution in [3.63, 3.8) is 0 Å². The molecular weight excluding hydrogens is 446 g/mol. The van der Waals surface area contributed by atoms with E-state index >= 15 is 0 Å². The zero-order chi connectivity index (χ0) is 23.3. The van der Waals surface area contributed by atoms with E-state index in [2.05, 4.69) is 21.9 Å². The van der Waals surface area contributed by atoms with Crippen LogP contribution in [0.2, 0.25) is 5.02 Å².